The maximum Gasteiger partial charge on any atom is 0.0897 e. The molecule has 0 bridgehead atoms. The van der Waals surface area contributed by atoms with Gasteiger partial charge in [-0.25, -0.2) is 4.98 Å². The summed E-state index contributed by atoms with van der Waals surface area (Å²) in [6.45, 7) is 5.20. The van der Waals surface area contributed by atoms with Gasteiger partial charge in [0, 0.05) is 27.9 Å². The number of benzene rings is 1. The highest BCUT2D eigenvalue weighted by molar-refractivity contribution is 7.09. The van der Waals surface area contributed by atoms with Crippen LogP contribution in [0.5, 0.6) is 0 Å². The molecule has 0 fully saturated rings. The molecular weight excluding hydrogens is 323 g/mol. The predicted octanol–water partition coefficient (Wildman–Crippen LogP) is 4.91. The van der Waals surface area contributed by atoms with Gasteiger partial charge in [-0.3, -0.25) is 0 Å². The Labute approximate surface area is 140 Å². The van der Waals surface area contributed by atoms with Gasteiger partial charge in [0.05, 0.1) is 10.7 Å². The molecule has 5 heteroatoms. The summed E-state index contributed by atoms with van der Waals surface area (Å²) in [5, 5.41) is 8.34. The second-order valence-corrected chi connectivity index (χ2v) is 7.06. The van der Waals surface area contributed by atoms with Crippen molar-refractivity contribution in [2.45, 2.75) is 39.2 Å². The molecule has 0 saturated heterocycles. The van der Waals surface area contributed by atoms with E-state index in [2.05, 4.69) is 22.6 Å². The van der Waals surface area contributed by atoms with Gasteiger partial charge in [-0.2, -0.15) is 0 Å². The van der Waals surface area contributed by atoms with Gasteiger partial charge in [0.15, 0.2) is 0 Å². The SMILES string of the molecule is CCCNC(Cc1csc(C)n1)Cc1cc(Cl)ccc1Cl. The third kappa shape index (κ3) is 5.26. The average Bonchev–Trinajstić information content (AvgIpc) is 2.85. The molecule has 0 aliphatic rings. The van der Waals surface area contributed by atoms with Crippen LogP contribution in [0.1, 0.15) is 29.6 Å². The van der Waals surface area contributed by atoms with E-state index in [-0.39, 0.29) is 0 Å². The zero-order valence-electron chi connectivity index (χ0n) is 12.3. The second-order valence-electron chi connectivity index (χ2n) is 5.15. The van der Waals surface area contributed by atoms with Crippen LogP contribution in [0, 0.1) is 6.92 Å². The van der Waals surface area contributed by atoms with Gasteiger partial charge in [0.1, 0.15) is 0 Å². The summed E-state index contributed by atoms with van der Waals surface area (Å²) in [7, 11) is 0. The van der Waals surface area contributed by atoms with Crippen molar-refractivity contribution >= 4 is 34.5 Å². The van der Waals surface area contributed by atoms with Crippen molar-refractivity contribution in [1.82, 2.24) is 10.3 Å². The maximum absolute atomic E-state index is 6.28. The van der Waals surface area contributed by atoms with Gasteiger partial charge in [0.25, 0.3) is 0 Å². The minimum Gasteiger partial charge on any atom is -0.313 e. The first-order valence-corrected chi connectivity index (χ1v) is 8.80. The molecule has 0 aliphatic carbocycles. The molecule has 1 N–H and O–H groups in total. The van der Waals surface area contributed by atoms with E-state index in [1.54, 1.807) is 11.3 Å². The van der Waals surface area contributed by atoms with Crippen LogP contribution in [0.25, 0.3) is 0 Å². The van der Waals surface area contributed by atoms with E-state index < -0.39 is 0 Å². The van der Waals surface area contributed by atoms with Crippen molar-refractivity contribution in [2.24, 2.45) is 0 Å². The van der Waals surface area contributed by atoms with E-state index in [1.165, 1.54) is 0 Å². The van der Waals surface area contributed by atoms with E-state index in [9.17, 15) is 0 Å². The zero-order chi connectivity index (χ0) is 15.2. The molecular formula is C16H20Cl2N2S. The van der Waals surface area contributed by atoms with Crippen LogP contribution in [0.4, 0.5) is 0 Å². The van der Waals surface area contributed by atoms with E-state index in [0.29, 0.717) is 6.04 Å². The summed E-state index contributed by atoms with van der Waals surface area (Å²) in [6, 6.07) is 5.97. The first kappa shape index (κ1) is 16.8. The lowest BCUT2D eigenvalue weighted by molar-refractivity contribution is 0.501. The number of halogens is 2. The molecule has 0 radical (unpaired) electrons. The molecule has 0 saturated carbocycles. The fourth-order valence-corrected chi connectivity index (χ4v) is 3.30. The summed E-state index contributed by atoms with van der Waals surface area (Å²) >= 11 is 14.1. The first-order chi connectivity index (χ1) is 10.1. The third-order valence-electron chi connectivity index (χ3n) is 3.28. The fraction of sp³-hybridized carbons (Fsp3) is 0.438. The largest absolute Gasteiger partial charge is 0.313 e. The van der Waals surface area contributed by atoms with E-state index in [1.807, 2.05) is 25.1 Å². The lowest BCUT2D eigenvalue weighted by atomic mass is 10.0. The summed E-state index contributed by atoms with van der Waals surface area (Å²) in [4.78, 5) is 4.56. The highest BCUT2D eigenvalue weighted by atomic mass is 35.5. The number of hydrogen-bond acceptors (Lipinski definition) is 3. The number of rotatable bonds is 7. The summed E-state index contributed by atoms with van der Waals surface area (Å²) in [5.74, 6) is 0. The van der Waals surface area contributed by atoms with Gasteiger partial charge in [-0.05, 0) is 50.1 Å². The standard InChI is InChI=1S/C16H20Cl2N2S/c1-3-6-19-14(9-15-10-21-11(2)20-15)8-12-7-13(17)4-5-16(12)18/h4-5,7,10,14,19H,3,6,8-9H2,1-2H3. The Morgan fingerprint density at radius 2 is 2.10 bits per heavy atom. The van der Waals surface area contributed by atoms with Gasteiger partial charge in [-0.15, -0.1) is 11.3 Å². The molecule has 1 unspecified atom stereocenters. The summed E-state index contributed by atoms with van der Waals surface area (Å²) in [5.41, 5.74) is 2.23. The molecule has 1 atom stereocenters. The monoisotopic (exact) mass is 342 g/mol. The number of nitrogens with zero attached hydrogens (tertiary/aromatic N) is 1. The number of thiazole rings is 1. The highest BCUT2D eigenvalue weighted by Crippen LogP contribution is 2.23. The zero-order valence-corrected chi connectivity index (χ0v) is 14.7. The number of aromatic nitrogens is 1. The minimum atomic E-state index is 0.322. The Morgan fingerprint density at radius 3 is 2.76 bits per heavy atom. The van der Waals surface area contributed by atoms with E-state index in [0.717, 1.165) is 52.1 Å². The van der Waals surface area contributed by atoms with Gasteiger partial charge < -0.3 is 5.32 Å². The lowest BCUT2D eigenvalue weighted by Crippen LogP contribution is -2.34. The van der Waals surface area contributed by atoms with Crippen molar-refractivity contribution in [3.63, 3.8) is 0 Å². The molecule has 2 nitrogen and oxygen atoms in total. The third-order valence-corrected chi connectivity index (χ3v) is 4.71. The van der Waals surface area contributed by atoms with Crippen molar-refractivity contribution in [3.05, 3.63) is 49.9 Å². The number of nitrogens with one attached hydrogen (secondary N) is 1. The number of aryl methyl sites for hydroxylation is 1. The fourth-order valence-electron chi connectivity index (χ4n) is 2.28. The molecule has 0 aliphatic heterocycles. The molecule has 21 heavy (non-hydrogen) atoms. The summed E-state index contributed by atoms with van der Waals surface area (Å²) in [6.07, 6.45) is 2.87. The molecule has 1 aromatic carbocycles. The van der Waals surface area contributed by atoms with Crippen molar-refractivity contribution in [3.8, 4) is 0 Å². The maximum atomic E-state index is 6.28. The lowest BCUT2D eigenvalue weighted by Gasteiger charge is -2.18. The van der Waals surface area contributed by atoms with Crippen molar-refractivity contribution < 1.29 is 0 Å². The van der Waals surface area contributed by atoms with Crippen LogP contribution in [0.15, 0.2) is 23.6 Å². The van der Waals surface area contributed by atoms with Crippen LogP contribution in [-0.2, 0) is 12.8 Å². The van der Waals surface area contributed by atoms with E-state index in [4.69, 9.17) is 23.2 Å². The molecule has 1 aromatic heterocycles. The molecule has 2 aromatic rings. The van der Waals surface area contributed by atoms with Gasteiger partial charge in [-0.1, -0.05) is 30.1 Å². The average molecular weight is 343 g/mol. The normalized spacial score (nSPS) is 12.6. The quantitative estimate of drug-likeness (QED) is 0.772. The molecule has 114 valence electrons. The molecule has 0 spiro atoms. The predicted molar refractivity (Wildman–Crippen MR) is 92.8 cm³/mol. The van der Waals surface area contributed by atoms with Crippen LogP contribution >= 0.6 is 34.5 Å². The smallest absolute Gasteiger partial charge is 0.0897 e. The second kappa shape index (κ2) is 8.14. The Balaban J connectivity index is 2.09. The Bertz CT molecular complexity index is 583. The van der Waals surface area contributed by atoms with Crippen LogP contribution in [0.3, 0.4) is 0 Å². The summed E-state index contributed by atoms with van der Waals surface area (Å²) < 4.78 is 0. The topological polar surface area (TPSA) is 24.9 Å². The minimum absolute atomic E-state index is 0.322. The Kier molecular flexibility index (Phi) is 6.49. The first-order valence-electron chi connectivity index (χ1n) is 7.16. The highest BCUT2D eigenvalue weighted by Gasteiger charge is 2.14. The van der Waals surface area contributed by atoms with Gasteiger partial charge in [0.2, 0.25) is 0 Å². The molecule has 0 amide bonds. The van der Waals surface area contributed by atoms with Crippen molar-refractivity contribution in [1.29, 1.82) is 0 Å². The Hall–Kier alpha value is -0.610. The molecule has 2 rings (SSSR count). The van der Waals surface area contributed by atoms with Crippen LogP contribution in [0.2, 0.25) is 10.0 Å². The number of hydrogen-bond donors (Lipinski definition) is 1. The van der Waals surface area contributed by atoms with Crippen molar-refractivity contribution in [2.75, 3.05) is 6.54 Å². The van der Waals surface area contributed by atoms with Crippen LogP contribution < -0.4 is 5.32 Å². The molecule has 1 heterocycles. The van der Waals surface area contributed by atoms with E-state index >= 15 is 0 Å². The van der Waals surface area contributed by atoms with Crippen LogP contribution in [-0.4, -0.2) is 17.6 Å². The Morgan fingerprint density at radius 1 is 1.29 bits per heavy atom. The van der Waals surface area contributed by atoms with Gasteiger partial charge >= 0.3 is 0 Å².